The van der Waals surface area contributed by atoms with E-state index >= 15 is 0 Å². The Kier molecular flexibility index (Phi) is 14.5. The number of hydrogen-bond donors (Lipinski definition) is 1. The van der Waals surface area contributed by atoms with Gasteiger partial charge in [0.25, 0.3) is 0 Å². The fourth-order valence-electron chi connectivity index (χ4n) is 3.78. The predicted molar refractivity (Wildman–Crippen MR) is 149 cm³/mol. The Morgan fingerprint density at radius 3 is 2.11 bits per heavy atom. The summed E-state index contributed by atoms with van der Waals surface area (Å²) < 4.78 is 11.5. The fraction of sp³-hybridized carbons (Fsp3) is 0.483. The van der Waals surface area contributed by atoms with Crippen molar-refractivity contribution in [2.75, 3.05) is 7.11 Å². The van der Waals surface area contributed by atoms with E-state index in [9.17, 15) is 9.59 Å². The van der Waals surface area contributed by atoms with Gasteiger partial charge in [0, 0.05) is 16.5 Å². The summed E-state index contributed by atoms with van der Waals surface area (Å²) in [6, 6.07) is 11.9. The summed E-state index contributed by atoms with van der Waals surface area (Å²) in [5, 5.41) is 4.06. The van der Waals surface area contributed by atoms with Crippen LogP contribution >= 0.6 is 15.9 Å². The third kappa shape index (κ3) is 11.8. The van der Waals surface area contributed by atoms with Crippen molar-refractivity contribution in [3.63, 3.8) is 0 Å². The second-order valence-corrected chi connectivity index (χ2v) is 9.79. The number of benzene rings is 2. The maximum Gasteiger partial charge on any atom is 0.343 e. The van der Waals surface area contributed by atoms with E-state index in [1.54, 1.807) is 49.6 Å². The molecule has 0 saturated carbocycles. The molecule has 0 radical (unpaired) electrons. The molecular weight excluding hydrogens is 520 g/mol. The monoisotopic (exact) mass is 558 g/mol. The fourth-order valence-corrected chi connectivity index (χ4v) is 4.16. The maximum atomic E-state index is 12.5. The van der Waals surface area contributed by atoms with Crippen LogP contribution in [-0.4, -0.2) is 25.2 Å². The lowest BCUT2D eigenvalue weighted by atomic mass is 10.1. The molecule has 36 heavy (non-hydrogen) atoms. The lowest BCUT2D eigenvalue weighted by Gasteiger charge is -2.08. The number of methoxy groups -OCH3 is 1. The Morgan fingerprint density at radius 2 is 1.50 bits per heavy atom. The molecule has 0 fully saturated rings. The summed E-state index contributed by atoms with van der Waals surface area (Å²) in [4.78, 5) is 24.7. The molecule has 1 N–H and O–H groups in total. The van der Waals surface area contributed by atoms with E-state index in [4.69, 9.17) is 9.47 Å². The van der Waals surface area contributed by atoms with E-state index in [2.05, 4.69) is 33.4 Å². The van der Waals surface area contributed by atoms with Crippen LogP contribution in [0.3, 0.4) is 0 Å². The van der Waals surface area contributed by atoms with Gasteiger partial charge < -0.3 is 9.47 Å². The van der Waals surface area contributed by atoms with Crippen LogP contribution in [-0.2, 0) is 4.79 Å². The zero-order valence-corrected chi connectivity index (χ0v) is 23.1. The number of carbonyl (C=O) groups excluding carboxylic acids is 2. The molecule has 2 aromatic carbocycles. The smallest absolute Gasteiger partial charge is 0.343 e. The number of carbonyl (C=O) groups is 2. The molecule has 0 bridgehead atoms. The summed E-state index contributed by atoms with van der Waals surface area (Å²) in [7, 11) is 1.57. The van der Waals surface area contributed by atoms with Gasteiger partial charge in [-0.05, 0) is 48.9 Å². The van der Waals surface area contributed by atoms with E-state index in [1.807, 2.05) is 0 Å². The molecule has 0 atom stereocenters. The van der Waals surface area contributed by atoms with Gasteiger partial charge in [0.1, 0.15) is 11.5 Å². The Labute approximate surface area is 224 Å². The van der Waals surface area contributed by atoms with Crippen LogP contribution in [0.2, 0.25) is 0 Å². The van der Waals surface area contributed by atoms with E-state index in [1.165, 1.54) is 64.0 Å². The first-order chi connectivity index (χ1) is 17.5. The number of hydrazone groups is 1. The summed E-state index contributed by atoms with van der Waals surface area (Å²) >= 11 is 3.42. The third-order valence-corrected chi connectivity index (χ3v) is 6.39. The van der Waals surface area contributed by atoms with Crippen LogP contribution in [0.15, 0.2) is 52.0 Å². The van der Waals surface area contributed by atoms with Crippen LogP contribution in [0.1, 0.15) is 99.9 Å². The summed E-state index contributed by atoms with van der Waals surface area (Å²) in [5.41, 5.74) is 3.55. The van der Waals surface area contributed by atoms with Crippen molar-refractivity contribution < 1.29 is 19.1 Å². The lowest BCUT2D eigenvalue weighted by Crippen LogP contribution is -2.17. The average Bonchev–Trinajstić information content (AvgIpc) is 2.88. The summed E-state index contributed by atoms with van der Waals surface area (Å²) in [6.45, 7) is 2.25. The minimum Gasteiger partial charge on any atom is -0.497 e. The minimum atomic E-state index is -0.491. The molecule has 0 saturated heterocycles. The van der Waals surface area contributed by atoms with Gasteiger partial charge in [-0.25, -0.2) is 10.2 Å². The lowest BCUT2D eigenvalue weighted by molar-refractivity contribution is -0.121. The van der Waals surface area contributed by atoms with Crippen molar-refractivity contribution in [3.8, 4) is 11.5 Å². The maximum absolute atomic E-state index is 12.5. The molecule has 2 aromatic rings. The van der Waals surface area contributed by atoms with Gasteiger partial charge in [-0.15, -0.1) is 0 Å². The van der Waals surface area contributed by atoms with Crippen LogP contribution in [0, 0.1) is 0 Å². The third-order valence-electron chi connectivity index (χ3n) is 5.90. The number of nitrogens with zero attached hydrogens (tertiary/aromatic N) is 1. The van der Waals surface area contributed by atoms with Crippen LogP contribution in [0.25, 0.3) is 0 Å². The topological polar surface area (TPSA) is 77.0 Å². The Hall–Kier alpha value is -2.67. The van der Waals surface area contributed by atoms with E-state index < -0.39 is 5.97 Å². The van der Waals surface area contributed by atoms with Crippen LogP contribution < -0.4 is 14.9 Å². The van der Waals surface area contributed by atoms with Gasteiger partial charge >= 0.3 is 5.97 Å². The molecule has 6 nitrogen and oxygen atoms in total. The first kappa shape index (κ1) is 29.6. The van der Waals surface area contributed by atoms with Gasteiger partial charge in [-0.1, -0.05) is 87.1 Å². The molecule has 0 heterocycles. The van der Waals surface area contributed by atoms with Gasteiger partial charge in [0.05, 0.1) is 18.9 Å². The normalized spacial score (nSPS) is 11.0. The minimum absolute atomic E-state index is 0.117. The molecule has 0 aliphatic carbocycles. The number of unbranched alkanes of at least 4 members (excludes halogenated alkanes) is 10. The molecular formula is C29H39BrN2O4. The van der Waals surface area contributed by atoms with Gasteiger partial charge in [-0.3, -0.25) is 4.79 Å². The molecule has 0 spiro atoms. The number of nitrogens with one attached hydrogen (secondary N) is 1. The van der Waals surface area contributed by atoms with Gasteiger partial charge in [-0.2, -0.15) is 5.10 Å². The highest BCUT2D eigenvalue weighted by molar-refractivity contribution is 9.10. The first-order valence-electron chi connectivity index (χ1n) is 13.0. The molecule has 7 heteroatoms. The van der Waals surface area contributed by atoms with Crippen LogP contribution in [0.4, 0.5) is 0 Å². The van der Waals surface area contributed by atoms with Gasteiger partial charge in [0.2, 0.25) is 5.91 Å². The zero-order valence-electron chi connectivity index (χ0n) is 21.6. The number of rotatable bonds is 17. The standard InChI is InChI=1S/C29H39BrN2O4/c1-3-4-5-6-7-8-9-10-11-12-13-14-28(33)32-31-22-24-21-25(30)17-20-27(24)36-29(34)23-15-18-26(35-2)19-16-23/h15-22H,3-14H2,1-2H3,(H,32,33)/b31-22-. The number of amides is 1. The predicted octanol–water partition coefficient (Wildman–Crippen LogP) is 7.83. The number of halogens is 1. The molecule has 196 valence electrons. The van der Waals surface area contributed by atoms with E-state index in [0.717, 1.165) is 17.3 Å². The molecule has 0 aliphatic heterocycles. The van der Waals surface area contributed by atoms with Crippen molar-refractivity contribution >= 4 is 34.0 Å². The molecule has 0 aromatic heterocycles. The van der Waals surface area contributed by atoms with Crippen molar-refractivity contribution in [2.45, 2.75) is 84.0 Å². The van der Waals surface area contributed by atoms with E-state index in [0.29, 0.717) is 29.0 Å². The number of ether oxygens (including phenoxy) is 2. The van der Waals surface area contributed by atoms with Crippen molar-refractivity contribution in [1.82, 2.24) is 5.43 Å². The second kappa shape index (κ2) is 17.7. The van der Waals surface area contributed by atoms with Crippen molar-refractivity contribution in [1.29, 1.82) is 0 Å². The highest BCUT2D eigenvalue weighted by Crippen LogP contribution is 2.23. The highest BCUT2D eigenvalue weighted by Gasteiger charge is 2.12. The zero-order chi connectivity index (χ0) is 26.0. The van der Waals surface area contributed by atoms with Crippen molar-refractivity contribution in [2.24, 2.45) is 5.10 Å². The number of esters is 1. The Bertz CT molecular complexity index is 960. The first-order valence-corrected chi connectivity index (χ1v) is 13.8. The Morgan fingerprint density at radius 1 is 0.889 bits per heavy atom. The largest absolute Gasteiger partial charge is 0.497 e. The quantitative estimate of drug-likeness (QED) is 0.0705. The molecule has 1 amide bonds. The van der Waals surface area contributed by atoms with Crippen LogP contribution in [0.5, 0.6) is 11.5 Å². The molecule has 0 aliphatic rings. The van der Waals surface area contributed by atoms with Crippen molar-refractivity contribution in [3.05, 3.63) is 58.1 Å². The molecule has 2 rings (SSSR count). The Balaban J connectivity index is 1.71. The number of hydrogen-bond acceptors (Lipinski definition) is 5. The van der Waals surface area contributed by atoms with Gasteiger partial charge in [0.15, 0.2) is 0 Å². The second-order valence-electron chi connectivity index (χ2n) is 8.88. The molecule has 0 unspecified atom stereocenters. The SMILES string of the molecule is CCCCCCCCCCCCCC(=O)N/N=C\c1cc(Br)ccc1OC(=O)c1ccc(OC)cc1. The average molecular weight is 560 g/mol. The summed E-state index contributed by atoms with van der Waals surface area (Å²) in [6.07, 6.45) is 15.6. The van der Waals surface area contributed by atoms with E-state index in [-0.39, 0.29) is 5.91 Å². The highest BCUT2D eigenvalue weighted by atomic mass is 79.9. The summed E-state index contributed by atoms with van der Waals surface area (Å²) in [5.74, 6) is 0.401.